The normalized spacial score (nSPS) is 11.5. The number of carbonyl (C=O) groups excluding carboxylic acids is 1. The number of thiophene rings is 1. The van der Waals surface area contributed by atoms with Gasteiger partial charge in [-0.1, -0.05) is 17.7 Å². The van der Waals surface area contributed by atoms with E-state index in [1.165, 1.54) is 36.8 Å². The van der Waals surface area contributed by atoms with E-state index in [1.54, 1.807) is 6.07 Å². The van der Waals surface area contributed by atoms with Crippen LogP contribution in [0.3, 0.4) is 0 Å². The summed E-state index contributed by atoms with van der Waals surface area (Å²) in [5.41, 5.74) is 2.48. The van der Waals surface area contributed by atoms with Gasteiger partial charge in [0.05, 0.1) is 25.3 Å². The summed E-state index contributed by atoms with van der Waals surface area (Å²) < 4.78 is 30.3. The summed E-state index contributed by atoms with van der Waals surface area (Å²) in [4.78, 5) is 12.9. The molecule has 2 rings (SSSR count). The lowest BCUT2D eigenvalue weighted by Crippen LogP contribution is -2.39. The summed E-state index contributed by atoms with van der Waals surface area (Å²) in [6, 6.07) is 8.20. The van der Waals surface area contributed by atoms with Crippen LogP contribution in [0.4, 0.5) is 5.69 Å². The Hall–Kier alpha value is -2.10. The summed E-state index contributed by atoms with van der Waals surface area (Å²) in [7, 11) is -2.35. The maximum Gasteiger partial charge on any atom is 0.260 e. The van der Waals surface area contributed by atoms with Gasteiger partial charge in [-0.05, 0) is 29.6 Å². The van der Waals surface area contributed by atoms with Crippen LogP contribution in [0.5, 0.6) is 5.75 Å². The quantitative estimate of drug-likeness (QED) is 0.569. The van der Waals surface area contributed by atoms with Gasteiger partial charge < -0.3 is 4.74 Å². The van der Waals surface area contributed by atoms with Crippen LogP contribution in [-0.4, -0.2) is 40.4 Å². The minimum absolute atomic E-state index is 0.176. The molecule has 0 saturated heterocycles. The Kier molecular flexibility index (Phi) is 6.40. The van der Waals surface area contributed by atoms with Gasteiger partial charge >= 0.3 is 0 Å². The molecule has 0 aliphatic rings. The molecule has 10 heteroatoms. The van der Waals surface area contributed by atoms with Crippen LogP contribution in [-0.2, 0) is 14.8 Å². The molecule has 0 atom stereocenters. The van der Waals surface area contributed by atoms with E-state index in [4.69, 9.17) is 16.3 Å². The van der Waals surface area contributed by atoms with Gasteiger partial charge in [0.25, 0.3) is 5.91 Å². The fraction of sp³-hybridized carbons (Fsp3) is 0.200. The molecule has 0 aliphatic heterocycles. The molecule has 1 aromatic carbocycles. The van der Waals surface area contributed by atoms with Crippen molar-refractivity contribution in [1.29, 1.82) is 0 Å². The van der Waals surface area contributed by atoms with Crippen molar-refractivity contribution in [1.82, 2.24) is 5.43 Å². The van der Waals surface area contributed by atoms with Crippen molar-refractivity contribution in [3.05, 3.63) is 45.6 Å². The molecule has 0 unspecified atom stereocenters. The SMILES string of the molecule is COc1ccc(Cl)cc1N(CC(=O)N/N=C\c1cccs1)S(C)(=O)=O. The second kappa shape index (κ2) is 8.32. The molecule has 0 radical (unpaired) electrons. The molecule has 7 nitrogen and oxygen atoms in total. The number of ether oxygens (including phenoxy) is 1. The van der Waals surface area contributed by atoms with Crippen molar-refractivity contribution in [2.75, 3.05) is 24.2 Å². The summed E-state index contributed by atoms with van der Waals surface area (Å²) >= 11 is 7.40. The van der Waals surface area contributed by atoms with Crippen LogP contribution in [0.1, 0.15) is 4.88 Å². The van der Waals surface area contributed by atoms with Crippen molar-refractivity contribution in [3.8, 4) is 5.75 Å². The van der Waals surface area contributed by atoms with Gasteiger partial charge in [-0.25, -0.2) is 13.8 Å². The van der Waals surface area contributed by atoms with E-state index >= 15 is 0 Å². The van der Waals surface area contributed by atoms with Crippen LogP contribution in [0.2, 0.25) is 5.02 Å². The molecular weight excluding hydrogens is 386 g/mol. The highest BCUT2D eigenvalue weighted by atomic mass is 35.5. The first kappa shape index (κ1) is 19.2. The number of carbonyl (C=O) groups is 1. The highest BCUT2D eigenvalue weighted by Gasteiger charge is 2.24. The number of methoxy groups -OCH3 is 1. The first-order valence-corrected chi connectivity index (χ1v) is 10.1. The first-order chi connectivity index (χ1) is 11.8. The van der Waals surface area contributed by atoms with Crippen molar-refractivity contribution in [2.45, 2.75) is 0 Å². The highest BCUT2D eigenvalue weighted by Crippen LogP contribution is 2.32. The monoisotopic (exact) mass is 401 g/mol. The molecule has 134 valence electrons. The Balaban J connectivity index is 2.19. The Morgan fingerprint density at radius 3 is 2.80 bits per heavy atom. The third-order valence-corrected chi connectivity index (χ3v) is 5.19. The smallest absolute Gasteiger partial charge is 0.260 e. The standard InChI is InChI=1S/C15H16ClN3O4S2/c1-23-14-6-5-11(16)8-13(14)19(25(2,21)22)10-15(20)18-17-9-12-4-3-7-24-12/h3-9H,10H2,1-2H3,(H,18,20)/b17-9-. The average Bonchev–Trinajstić information content (AvgIpc) is 3.05. The number of nitrogens with zero attached hydrogens (tertiary/aromatic N) is 2. The third-order valence-electron chi connectivity index (χ3n) is 3.02. The molecule has 1 amide bonds. The van der Waals surface area contributed by atoms with Crippen LogP contribution < -0.4 is 14.5 Å². The van der Waals surface area contributed by atoms with Gasteiger partial charge in [0, 0.05) is 9.90 Å². The molecule has 0 bridgehead atoms. The van der Waals surface area contributed by atoms with Crippen molar-refractivity contribution >= 4 is 50.8 Å². The summed E-state index contributed by atoms with van der Waals surface area (Å²) in [6.45, 7) is -0.461. The lowest BCUT2D eigenvalue weighted by molar-refractivity contribution is -0.119. The topological polar surface area (TPSA) is 88.1 Å². The third kappa shape index (κ3) is 5.45. The number of rotatable bonds is 7. The lowest BCUT2D eigenvalue weighted by atomic mass is 10.3. The van der Waals surface area contributed by atoms with Crippen LogP contribution in [0, 0.1) is 0 Å². The Labute approximate surface area is 154 Å². The fourth-order valence-electron chi connectivity index (χ4n) is 1.94. The van der Waals surface area contributed by atoms with E-state index in [9.17, 15) is 13.2 Å². The van der Waals surface area contributed by atoms with Crippen molar-refractivity contribution in [2.24, 2.45) is 5.10 Å². The maximum atomic E-state index is 12.1. The molecule has 0 fully saturated rings. The predicted octanol–water partition coefficient (Wildman–Crippen LogP) is 2.33. The van der Waals surface area contributed by atoms with Gasteiger partial charge in [-0.2, -0.15) is 5.10 Å². The molecule has 1 N–H and O–H groups in total. The number of hydrogen-bond acceptors (Lipinski definition) is 6. The largest absolute Gasteiger partial charge is 0.495 e. The molecule has 2 aromatic rings. The van der Waals surface area contributed by atoms with Crippen LogP contribution in [0.15, 0.2) is 40.8 Å². The Bertz CT molecular complexity index is 867. The number of hydrogen-bond donors (Lipinski definition) is 1. The van der Waals surface area contributed by atoms with E-state index < -0.39 is 22.5 Å². The van der Waals surface area contributed by atoms with Gasteiger partial charge in [0.15, 0.2) is 0 Å². The number of benzene rings is 1. The molecule has 1 aromatic heterocycles. The summed E-state index contributed by atoms with van der Waals surface area (Å²) in [5.74, 6) is -0.315. The molecule has 25 heavy (non-hydrogen) atoms. The second-order valence-corrected chi connectivity index (χ2v) is 8.22. The van der Waals surface area contributed by atoms with Crippen LogP contribution in [0.25, 0.3) is 0 Å². The minimum atomic E-state index is -3.75. The number of sulfonamides is 1. The molecular formula is C15H16ClN3O4S2. The zero-order valence-corrected chi connectivity index (χ0v) is 15.9. The van der Waals surface area contributed by atoms with Crippen molar-refractivity contribution < 1.29 is 17.9 Å². The summed E-state index contributed by atoms with van der Waals surface area (Å²) in [6.07, 6.45) is 2.48. The van der Waals surface area contributed by atoms with Crippen LogP contribution >= 0.6 is 22.9 Å². The maximum absolute atomic E-state index is 12.1. The zero-order chi connectivity index (χ0) is 18.4. The fourth-order valence-corrected chi connectivity index (χ4v) is 3.54. The predicted molar refractivity (Wildman–Crippen MR) is 100 cm³/mol. The van der Waals surface area contributed by atoms with Crippen molar-refractivity contribution in [3.63, 3.8) is 0 Å². The molecule has 0 aliphatic carbocycles. The molecule has 0 saturated carbocycles. The number of anilines is 1. The number of amides is 1. The highest BCUT2D eigenvalue weighted by molar-refractivity contribution is 7.92. The Morgan fingerprint density at radius 1 is 1.44 bits per heavy atom. The van der Waals surface area contributed by atoms with Gasteiger partial charge in [-0.15, -0.1) is 11.3 Å². The molecule has 1 heterocycles. The van der Waals surface area contributed by atoms with E-state index in [0.29, 0.717) is 5.02 Å². The van der Waals surface area contributed by atoms with E-state index in [2.05, 4.69) is 10.5 Å². The number of halogens is 1. The van der Waals surface area contributed by atoms with Gasteiger partial charge in [-0.3, -0.25) is 9.10 Å². The number of nitrogens with one attached hydrogen (secondary N) is 1. The zero-order valence-electron chi connectivity index (χ0n) is 13.5. The second-order valence-electron chi connectivity index (χ2n) is 4.89. The molecule has 0 spiro atoms. The Morgan fingerprint density at radius 2 is 2.20 bits per heavy atom. The number of hydrazone groups is 1. The van der Waals surface area contributed by atoms with E-state index in [-0.39, 0.29) is 11.4 Å². The summed E-state index contributed by atoms with van der Waals surface area (Å²) in [5, 5.41) is 6.00. The van der Waals surface area contributed by atoms with E-state index in [1.807, 2.05) is 17.5 Å². The first-order valence-electron chi connectivity index (χ1n) is 6.98. The average molecular weight is 402 g/mol. The van der Waals surface area contributed by atoms with Gasteiger partial charge in [0.2, 0.25) is 10.0 Å². The van der Waals surface area contributed by atoms with E-state index in [0.717, 1.165) is 15.4 Å². The van der Waals surface area contributed by atoms with Gasteiger partial charge in [0.1, 0.15) is 12.3 Å². The lowest BCUT2D eigenvalue weighted by Gasteiger charge is -2.23. The minimum Gasteiger partial charge on any atom is -0.495 e.